The molecule has 0 aromatic carbocycles. The van der Waals surface area contributed by atoms with Gasteiger partial charge in [0.05, 0.1) is 0 Å². The average molecular weight is 263 g/mol. The van der Waals surface area contributed by atoms with Crippen molar-refractivity contribution in [3.8, 4) is 11.8 Å². The van der Waals surface area contributed by atoms with Gasteiger partial charge in [0.1, 0.15) is 6.61 Å². The van der Waals surface area contributed by atoms with Crippen molar-refractivity contribution in [1.29, 1.82) is 0 Å². The summed E-state index contributed by atoms with van der Waals surface area (Å²) in [6.45, 7) is 6.84. The minimum absolute atomic E-state index is 0.0628. The Labute approximate surface area is 114 Å². The quantitative estimate of drug-likeness (QED) is 0.848. The molecule has 1 aromatic rings. The summed E-state index contributed by atoms with van der Waals surface area (Å²) in [6, 6.07) is 2.89. The Balaban J connectivity index is 1.98. The fourth-order valence-electron chi connectivity index (χ4n) is 2.67. The SMILES string of the molecule is CC(C)C1CCCN1Cc1cc(C#CCO)cs1. The van der Waals surface area contributed by atoms with Gasteiger partial charge in [-0.1, -0.05) is 25.7 Å². The van der Waals surface area contributed by atoms with Crippen molar-refractivity contribution in [2.24, 2.45) is 5.92 Å². The third kappa shape index (κ3) is 3.35. The lowest BCUT2D eigenvalue weighted by molar-refractivity contribution is 0.200. The molecule has 2 nitrogen and oxygen atoms in total. The molecule has 3 heteroatoms. The highest BCUT2D eigenvalue weighted by Gasteiger charge is 2.26. The maximum atomic E-state index is 8.68. The first-order chi connectivity index (χ1) is 8.70. The molecule has 0 spiro atoms. The van der Waals surface area contributed by atoms with Gasteiger partial charge in [0.15, 0.2) is 0 Å². The number of hydrogen-bond acceptors (Lipinski definition) is 3. The van der Waals surface area contributed by atoms with Crippen molar-refractivity contribution >= 4 is 11.3 Å². The highest BCUT2D eigenvalue weighted by atomic mass is 32.1. The monoisotopic (exact) mass is 263 g/mol. The Morgan fingerprint density at radius 2 is 2.39 bits per heavy atom. The van der Waals surface area contributed by atoms with Gasteiger partial charge < -0.3 is 5.11 Å². The largest absolute Gasteiger partial charge is 0.384 e. The topological polar surface area (TPSA) is 23.5 Å². The van der Waals surface area contributed by atoms with Crippen LogP contribution in [0.3, 0.4) is 0 Å². The highest BCUT2D eigenvalue weighted by Crippen LogP contribution is 2.27. The van der Waals surface area contributed by atoms with E-state index in [0.717, 1.165) is 24.1 Å². The predicted molar refractivity (Wildman–Crippen MR) is 76.6 cm³/mol. The van der Waals surface area contributed by atoms with Gasteiger partial charge >= 0.3 is 0 Å². The van der Waals surface area contributed by atoms with E-state index >= 15 is 0 Å². The second-order valence-corrected chi connectivity index (χ2v) is 6.18. The first-order valence-electron chi connectivity index (χ1n) is 6.62. The van der Waals surface area contributed by atoms with Crippen LogP contribution in [-0.4, -0.2) is 29.2 Å². The summed E-state index contributed by atoms with van der Waals surface area (Å²) in [4.78, 5) is 3.98. The van der Waals surface area contributed by atoms with E-state index in [2.05, 4.69) is 42.0 Å². The molecule has 1 aliphatic heterocycles. The Bertz CT molecular complexity index is 441. The molecular formula is C15H21NOS. The molecular weight excluding hydrogens is 242 g/mol. The van der Waals surface area contributed by atoms with Gasteiger partial charge in [-0.15, -0.1) is 11.3 Å². The minimum atomic E-state index is -0.0628. The molecule has 0 bridgehead atoms. The van der Waals surface area contributed by atoms with Crippen molar-refractivity contribution in [1.82, 2.24) is 4.90 Å². The lowest BCUT2D eigenvalue weighted by Crippen LogP contribution is -2.32. The number of aliphatic hydroxyl groups is 1. The van der Waals surface area contributed by atoms with E-state index in [1.807, 2.05) is 0 Å². The normalized spacial score (nSPS) is 20.1. The summed E-state index contributed by atoms with van der Waals surface area (Å²) in [7, 11) is 0. The van der Waals surface area contributed by atoms with E-state index in [4.69, 9.17) is 5.11 Å². The molecule has 18 heavy (non-hydrogen) atoms. The van der Waals surface area contributed by atoms with Gasteiger partial charge in [-0.25, -0.2) is 0 Å². The van der Waals surface area contributed by atoms with Crippen LogP contribution in [0.15, 0.2) is 11.4 Å². The molecule has 1 unspecified atom stereocenters. The molecule has 1 atom stereocenters. The van der Waals surface area contributed by atoms with Gasteiger partial charge in [0, 0.05) is 28.4 Å². The second kappa shape index (κ2) is 6.38. The molecule has 1 aliphatic rings. The minimum Gasteiger partial charge on any atom is -0.384 e. The van der Waals surface area contributed by atoms with Crippen molar-refractivity contribution in [2.45, 2.75) is 39.3 Å². The fraction of sp³-hybridized carbons (Fsp3) is 0.600. The van der Waals surface area contributed by atoms with Crippen LogP contribution in [0.5, 0.6) is 0 Å². The van der Waals surface area contributed by atoms with Gasteiger partial charge in [-0.3, -0.25) is 4.90 Å². The summed E-state index contributed by atoms with van der Waals surface area (Å²) >= 11 is 1.77. The number of thiophene rings is 1. The van der Waals surface area contributed by atoms with Crippen LogP contribution in [0.2, 0.25) is 0 Å². The van der Waals surface area contributed by atoms with Gasteiger partial charge in [0.25, 0.3) is 0 Å². The number of hydrogen-bond donors (Lipinski definition) is 1. The Hall–Kier alpha value is -0.820. The van der Waals surface area contributed by atoms with Crippen LogP contribution >= 0.6 is 11.3 Å². The zero-order chi connectivity index (χ0) is 13.0. The zero-order valence-electron chi connectivity index (χ0n) is 11.1. The van der Waals surface area contributed by atoms with Gasteiger partial charge in [0.2, 0.25) is 0 Å². The number of rotatable bonds is 3. The fourth-order valence-corrected chi connectivity index (χ4v) is 3.51. The molecule has 2 rings (SSSR count). The van der Waals surface area contributed by atoms with Gasteiger partial charge in [-0.05, 0) is 31.4 Å². The van der Waals surface area contributed by atoms with Crippen molar-refractivity contribution in [3.63, 3.8) is 0 Å². The van der Waals surface area contributed by atoms with Crippen LogP contribution in [0.1, 0.15) is 37.1 Å². The van der Waals surface area contributed by atoms with Crippen molar-refractivity contribution in [2.75, 3.05) is 13.2 Å². The van der Waals surface area contributed by atoms with E-state index < -0.39 is 0 Å². The molecule has 0 amide bonds. The van der Waals surface area contributed by atoms with Crippen LogP contribution in [0.25, 0.3) is 0 Å². The Morgan fingerprint density at radius 3 is 3.11 bits per heavy atom. The summed E-state index contributed by atoms with van der Waals surface area (Å²) in [6.07, 6.45) is 2.66. The molecule has 2 heterocycles. The van der Waals surface area contributed by atoms with Crippen LogP contribution in [0, 0.1) is 17.8 Å². The number of aliphatic hydroxyl groups excluding tert-OH is 1. The molecule has 0 aliphatic carbocycles. The standard InChI is InChI=1S/C15H21NOS/c1-12(2)15-6-3-7-16(15)10-14-9-13(11-18-14)5-4-8-17/h9,11-12,15,17H,3,6-8,10H2,1-2H3. The smallest absolute Gasteiger partial charge is 0.104 e. The first kappa shape index (κ1) is 13.6. The number of nitrogens with zero attached hydrogens (tertiary/aromatic N) is 1. The van der Waals surface area contributed by atoms with Gasteiger partial charge in [-0.2, -0.15) is 0 Å². The molecule has 98 valence electrons. The maximum Gasteiger partial charge on any atom is 0.104 e. The molecule has 1 fully saturated rings. The van der Waals surface area contributed by atoms with E-state index in [1.54, 1.807) is 11.3 Å². The highest BCUT2D eigenvalue weighted by molar-refractivity contribution is 7.10. The summed E-state index contributed by atoms with van der Waals surface area (Å²) in [5.74, 6) is 6.40. The average Bonchev–Trinajstić information content (AvgIpc) is 2.96. The maximum absolute atomic E-state index is 8.68. The van der Waals surface area contributed by atoms with E-state index in [9.17, 15) is 0 Å². The summed E-state index contributed by atoms with van der Waals surface area (Å²) < 4.78 is 0. The van der Waals surface area contributed by atoms with E-state index in [1.165, 1.54) is 24.3 Å². The molecule has 1 aromatic heterocycles. The Kier molecular flexibility index (Phi) is 4.82. The third-order valence-electron chi connectivity index (χ3n) is 3.51. The summed E-state index contributed by atoms with van der Waals surface area (Å²) in [5.41, 5.74) is 1.03. The van der Waals surface area contributed by atoms with E-state index in [-0.39, 0.29) is 6.61 Å². The predicted octanol–water partition coefficient (Wildman–Crippen LogP) is 2.71. The molecule has 0 saturated carbocycles. The number of likely N-dealkylation sites (tertiary alicyclic amines) is 1. The first-order valence-corrected chi connectivity index (χ1v) is 7.50. The zero-order valence-corrected chi connectivity index (χ0v) is 12.0. The summed E-state index contributed by atoms with van der Waals surface area (Å²) in [5, 5.41) is 10.8. The second-order valence-electron chi connectivity index (χ2n) is 5.19. The third-order valence-corrected chi connectivity index (χ3v) is 4.43. The Morgan fingerprint density at radius 1 is 1.56 bits per heavy atom. The van der Waals surface area contributed by atoms with Crippen LogP contribution < -0.4 is 0 Å². The lowest BCUT2D eigenvalue weighted by Gasteiger charge is -2.26. The molecule has 1 saturated heterocycles. The molecule has 1 N–H and O–H groups in total. The van der Waals surface area contributed by atoms with E-state index in [0.29, 0.717) is 0 Å². The van der Waals surface area contributed by atoms with Crippen molar-refractivity contribution in [3.05, 3.63) is 21.9 Å². The lowest BCUT2D eigenvalue weighted by atomic mass is 10.0. The molecule has 0 radical (unpaired) electrons. The van der Waals surface area contributed by atoms with Crippen molar-refractivity contribution < 1.29 is 5.11 Å². The van der Waals surface area contributed by atoms with Crippen LogP contribution in [0.4, 0.5) is 0 Å². The van der Waals surface area contributed by atoms with Crippen LogP contribution in [-0.2, 0) is 6.54 Å².